The SMILES string of the molecule is CC(C)[C@H](N)C(=O)N[C@@H](C)C(=O)N[C@@H](CCC(=O)O)C(=O)N[C@@H](CO)C(=O)N1CCC[C@H]1C(=O)N[C@@H](CCCCN)C(=O)N[C@@H](CCCCN)C(=O)N1CCC[C@H]1C(=O)O. The first-order valence-corrected chi connectivity index (χ1v) is 20.7. The Morgan fingerprint density at radius 2 is 1.10 bits per heavy atom. The number of nitrogens with two attached hydrogens (primary N) is 3. The topological polar surface area (TPSA) is 359 Å². The van der Waals surface area contributed by atoms with E-state index in [0.29, 0.717) is 51.6 Å². The van der Waals surface area contributed by atoms with Crippen LogP contribution >= 0.6 is 0 Å². The van der Waals surface area contributed by atoms with Crippen molar-refractivity contribution in [2.45, 2.75) is 146 Å². The van der Waals surface area contributed by atoms with Crippen LogP contribution in [0.3, 0.4) is 0 Å². The number of hydrogen-bond donors (Lipinski definition) is 11. The average Bonchev–Trinajstić information content (AvgIpc) is 3.91. The fraction of sp³-hybridized carbons (Fsp3) is 0.763. The van der Waals surface area contributed by atoms with Crippen molar-refractivity contribution in [1.82, 2.24) is 36.4 Å². The van der Waals surface area contributed by atoms with Gasteiger partial charge in [0, 0.05) is 19.5 Å². The van der Waals surface area contributed by atoms with Crippen LogP contribution in [0.25, 0.3) is 0 Å². The van der Waals surface area contributed by atoms with Gasteiger partial charge in [-0.25, -0.2) is 4.79 Å². The number of nitrogens with one attached hydrogen (secondary N) is 5. The molecule has 0 aromatic heterocycles. The first kappa shape index (κ1) is 51.2. The number of hydrogen-bond acceptors (Lipinski definition) is 13. The zero-order chi connectivity index (χ0) is 45.1. The molecule has 0 aromatic rings. The minimum Gasteiger partial charge on any atom is -0.481 e. The quantitative estimate of drug-likeness (QED) is 0.0378. The molecule has 7 amide bonds. The van der Waals surface area contributed by atoms with Crippen molar-refractivity contribution in [1.29, 1.82) is 0 Å². The Balaban J connectivity index is 2.23. The van der Waals surface area contributed by atoms with Gasteiger partial charge < -0.3 is 68.9 Å². The van der Waals surface area contributed by atoms with Crippen molar-refractivity contribution < 1.29 is 58.5 Å². The molecule has 0 aliphatic carbocycles. The van der Waals surface area contributed by atoms with E-state index in [1.807, 2.05) is 0 Å². The fourth-order valence-electron chi connectivity index (χ4n) is 7.01. The molecule has 2 rings (SSSR count). The van der Waals surface area contributed by atoms with Gasteiger partial charge in [-0.05, 0) is 96.6 Å². The molecule has 2 aliphatic rings. The van der Waals surface area contributed by atoms with Crippen molar-refractivity contribution in [2.24, 2.45) is 23.1 Å². The van der Waals surface area contributed by atoms with Crippen LogP contribution in [0.4, 0.5) is 0 Å². The third kappa shape index (κ3) is 15.6. The molecule has 2 fully saturated rings. The number of carbonyl (C=O) groups is 9. The van der Waals surface area contributed by atoms with Crippen LogP contribution in [0.15, 0.2) is 0 Å². The van der Waals surface area contributed by atoms with Gasteiger partial charge in [0.15, 0.2) is 0 Å². The number of nitrogens with zero attached hydrogens (tertiary/aromatic N) is 2. The first-order chi connectivity index (χ1) is 28.4. The molecule has 2 saturated heterocycles. The molecule has 340 valence electrons. The van der Waals surface area contributed by atoms with Gasteiger partial charge in [0.05, 0.1) is 12.6 Å². The average molecular weight is 855 g/mol. The molecular weight excluding hydrogens is 788 g/mol. The van der Waals surface area contributed by atoms with E-state index < -0.39 is 121 Å². The van der Waals surface area contributed by atoms with Crippen molar-refractivity contribution in [3.05, 3.63) is 0 Å². The highest BCUT2D eigenvalue weighted by molar-refractivity contribution is 5.98. The van der Waals surface area contributed by atoms with Gasteiger partial charge in [-0.2, -0.15) is 0 Å². The molecule has 8 atom stereocenters. The van der Waals surface area contributed by atoms with Crippen LogP contribution in [0.5, 0.6) is 0 Å². The minimum absolute atomic E-state index is 0.0422. The van der Waals surface area contributed by atoms with E-state index >= 15 is 0 Å². The Hall–Kier alpha value is -4.93. The molecule has 14 N–H and O–H groups in total. The summed E-state index contributed by atoms with van der Waals surface area (Å²) in [5, 5.41) is 41.7. The number of carbonyl (C=O) groups excluding carboxylic acids is 7. The summed E-state index contributed by atoms with van der Waals surface area (Å²) in [6.45, 7) is 4.71. The Kier molecular flexibility index (Phi) is 21.9. The molecule has 0 bridgehead atoms. The van der Waals surface area contributed by atoms with Gasteiger partial charge >= 0.3 is 11.9 Å². The van der Waals surface area contributed by atoms with Gasteiger partial charge in [-0.1, -0.05) is 13.8 Å². The van der Waals surface area contributed by atoms with E-state index in [1.54, 1.807) is 13.8 Å². The number of amides is 7. The number of aliphatic hydroxyl groups is 1. The third-order valence-corrected chi connectivity index (χ3v) is 10.7. The van der Waals surface area contributed by atoms with Crippen LogP contribution in [0.1, 0.15) is 97.8 Å². The van der Waals surface area contributed by atoms with Gasteiger partial charge in [0.1, 0.15) is 42.3 Å². The highest BCUT2D eigenvalue weighted by atomic mass is 16.4. The summed E-state index contributed by atoms with van der Waals surface area (Å²) in [6, 6.07) is -9.68. The summed E-state index contributed by atoms with van der Waals surface area (Å²) < 4.78 is 0. The number of aliphatic hydroxyl groups excluding tert-OH is 1. The smallest absolute Gasteiger partial charge is 0.326 e. The van der Waals surface area contributed by atoms with Crippen LogP contribution in [0.2, 0.25) is 0 Å². The van der Waals surface area contributed by atoms with E-state index in [-0.39, 0.29) is 44.7 Å². The molecule has 0 unspecified atom stereocenters. The third-order valence-electron chi connectivity index (χ3n) is 10.7. The summed E-state index contributed by atoms with van der Waals surface area (Å²) in [5.74, 6) is -7.97. The minimum atomic E-state index is -1.62. The van der Waals surface area contributed by atoms with Gasteiger partial charge in [0.25, 0.3) is 0 Å². The van der Waals surface area contributed by atoms with Crippen molar-refractivity contribution in [3.8, 4) is 0 Å². The van der Waals surface area contributed by atoms with Gasteiger partial charge in [-0.3, -0.25) is 38.4 Å². The second-order valence-electron chi connectivity index (χ2n) is 15.6. The predicted molar refractivity (Wildman–Crippen MR) is 215 cm³/mol. The van der Waals surface area contributed by atoms with Crippen molar-refractivity contribution >= 4 is 53.3 Å². The number of likely N-dealkylation sites (tertiary alicyclic amines) is 2. The second kappa shape index (κ2) is 25.6. The largest absolute Gasteiger partial charge is 0.481 e. The molecular formula is C38H66N10O12. The maximum absolute atomic E-state index is 13.8. The number of carboxylic acids is 2. The Morgan fingerprint density at radius 1 is 0.617 bits per heavy atom. The highest BCUT2D eigenvalue weighted by Crippen LogP contribution is 2.22. The fourth-order valence-corrected chi connectivity index (χ4v) is 7.01. The maximum Gasteiger partial charge on any atom is 0.326 e. The molecule has 60 heavy (non-hydrogen) atoms. The van der Waals surface area contributed by atoms with Crippen molar-refractivity contribution in [3.63, 3.8) is 0 Å². The lowest BCUT2D eigenvalue weighted by atomic mass is 10.0. The van der Waals surface area contributed by atoms with Gasteiger partial charge in [0.2, 0.25) is 41.4 Å². The zero-order valence-electron chi connectivity index (χ0n) is 34.9. The molecule has 22 nitrogen and oxygen atoms in total. The molecule has 0 radical (unpaired) electrons. The molecule has 0 spiro atoms. The number of rotatable bonds is 26. The lowest BCUT2D eigenvalue weighted by molar-refractivity contribution is -0.149. The lowest BCUT2D eigenvalue weighted by Crippen LogP contribution is -2.60. The predicted octanol–water partition coefficient (Wildman–Crippen LogP) is -3.40. The first-order valence-electron chi connectivity index (χ1n) is 20.7. The van der Waals surface area contributed by atoms with Crippen LogP contribution < -0.4 is 43.8 Å². The molecule has 2 aliphatic heterocycles. The van der Waals surface area contributed by atoms with E-state index in [1.165, 1.54) is 11.8 Å². The summed E-state index contributed by atoms with van der Waals surface area (Å²) in [4.78, 5) is 120. The number of unbranched alkanes of at least 4 members (excludes halogenated alkanes) is 2. The summed E-state index contributed by atoms with van der Waals surface area (Å²) >= 11 is 0. The van der Waals surface area contributed by atoms with E-state index in [9.17, 15) is 58.5 Å². The Bertz CT molecular complexity index is 1520. The van der Waals surface area contributed by atoms with Crippen LogP contribution in [-0.2, 0) is 43.2 Å². The van der Waals surface area contributed by atoms with E-state index in [4.69, 9.17) is 17.2 Å². The standard InChI is InChI=1S/C38H66N10O12/c1-21(2)30(41)35(56)42-22(3)31(52)43-24(14-15-29(50)51)33(54)46-26(20-49)37(58)47-18-8-12-27(47)34(55)44-23(10-4-6-16-39)32(53)45-25(11-5-7-17-40)36(57)48-19-9-13-28(48)38(59)60/h21-28,30,49H,4-20,39-41H2,1-3H3,(H,42,56)(H,43,52)(H,44,55)(H,45,53)(H,46,54)(H,50,51)(H,59,60)/t22-,23-,24-,25-,26-,27-,28-,30-/m0/s1. The monoisotopic (exact) mass is 854 g/mol. The molecule has 22 heteroatoms. The zero-order valence-corrected chi connectivity index (χ0v) is 34.9. The second-order valence-corrected chi connectivity index (χ2v) is 15.6. The molecule has 0 aromatic carbocycles. The summed E-state index contributed by atoms with van der Waals surface area (Å²) in [7, 11) is 0. The summed E-state index contributed by atoms with van der Waals surface area (Å²) in [5.41, 5.74) is 17.2. The maximum atomic E-state index is 13.8. The lowest BCUT2D eigenvalue weighted by Gasteiger charge is -2.31. The normalized spacial score (nSPS) is 19.3. The summed E-state index contributed by atoms with van der Waals surface area (Å²) in [6.07, 6.45) is 2.51. The van der Waals surface area contributed by atoms with E-state index in [2.05, 4.69) is 26.6 Å². The highest BCUT2D eigenvalue weighted by Gasteiger charge is 2.41. The molecule has 2 heterocycles. The Morgan fingerprint density at radius 3 is 1.62 bits per heavy atom. The van der Waals surface area contributed by atoms with Crippen LogP contribution in [0, 0.1) is 5.92 Å². The van der Waals surface area contributed by atoms with E-state index in [0.717, 1.165) is 4.90 Å². The van der Waals surface area contributed by atoms with Crippen LogP contribution in [-0.4, -0.2) is 160 Å². The number of carboxylic acid groups (broad SMARTS) is 2. The number of aliphatic carboxylic acids is 2. The van der Waals surface area contributed by atoms with Gasteiger partial charge in [-0.15, -0.1) is 0 Å². The molecule has 0 saturated carbocycles. The Labute approximate surface area is 349 Å². The van der Waals surface area contributed by atoms with Crippen molar-refractivity contribution in [2.75, 3.05) is 32.8 Å².